The highest BCUT2D eigenvalue weighted by molar-refractivity contribution is 6.30. The van der Waals surface area contributed by atoms with Crippen molar-refractivity contribution in [2.45, 2.75) is 18.5 Å². The molecule has 2 aromatic rings. The molecule has 0 saturated carbocycles. The van der Waals surface area contributed by atoms with E-state index in [1.807, 2.05) is 41.3 Å². The lowest BCUT2D eigenvalue weighted by atomic mass is 10.0. The molecule has 0 spiro atoms. The van der Waals surface area contributed by atoms with Gasteiger partial charge in [-0.1, -0.05) is 11.6 Å². The highest BCUT2D eigenvalue weighted by Gasteiger charge is 2.34. The second kappa shape index (κ2) is 7.61. The smallest absolute Gasteiger partial charge is 0.241 e. The van der Waals surface area contributed by atoms with Crippen molar-refractivity contribution in [2.75, 3.05) is 31.1 Å². The summed E-state index contributed by atoms with van der Waals surface area (Å²) in [5.41, 5.74) is 8.70. The molecule has 2 aliphatic rings. The Morgan fingerprint density at radius 1 is 1.00 bits per heavy atom. The summed E-state index contributed by atoms with van der Waals surface area (Å²) in [5.74, 6) is 0.171. The molecule has 2 N–H and O–H groups in total. The van der Waals surface area contributed by atoms with Gasteiger partial charge in [-0.25, -0.2) is 10.9 Å². The molecule has 136 valence electrons. The third-order valence-corrected chi connectivity index (χ3v) is 5.34. The van der Waals surface area contributed by atoms with Crippen LogP contribution in [0, 0.1) is 0 Å². The Hall–Kier alpha value is -2.15. The lowest BCUT2D eigenvalue weighted by Gasteiger charge is -2.37. The second-order valence-electron chi connectivity index (χ2n) is 6.70. The molecule has 1 aromatic carbocycles. The lowest BCUT2D eigenvalue weighted by molar-refractivity contribution is -0.133. The summed E-state index contributed by atoms with van der Waals surface area (Å²) in [6.45, 7) is 3.14. The van der Waals surface area contributed by atoms with Crippen LogP contribution in [0.2, 0.25) is 5.02 Å². The van der Waals surface area contributed by atoms with Crippen molar-refractivity contribution in [1.82, 2.24) is 20.7 Å². The molecule has 0 radical (unpaired) electrons. The zero-order valence-corrected chi connectivity index (χ0v) is 15.2. The summed E-state index contributed by atoms with van der Waals surface area (Å²) in [6, 6.07) is 11.8. The zero-order chi connectivity index (χ0) is 17.9. The summed E-state index contributed by atoms with van der Waals surface area (Å²) < 4.78 is 0. The summed E-state index contributed by atoms with van der Waals surface area (Å²) in [5, 5.41) is 0.742. The molecule has 6 nitrogen and oxygen atoms in total. The number of anilines is 1. The lowest BCUT2D eigenvalue weighted by Crippen LogP contribution is -2.53. The van der Waals surface area contributed by atoms with Gasteiger partial charge < -0.3 is 9.80 Å². The Bertz CT molecular complexity index is 746. The third kappa shape index (κ3) is 3.67. The third-order valence-electron chi connectivity index (χ3n) is 5.09. The Morgan fingerprint density at radius 3 is 2.38 bits per heavy atom. The Kier molecular flexibility index (Phi) is 5.06. The number of halogens is 1. The van der Waals surface area contributed by atoms with E-state index in [-0.39, 0.29) is 18.0 Å². The van der Waals surface area contributed by atoms with Gasteiger partial charge in [0.2, 0.25) is 5.91 Å². The van der Waals surface area contributed by atoms with Crippen LogP contribution < -0.4 is 15.8 Å². The maximum atomic E-state index is 12.8. The van der Waals surface area contributed by atoms with E-state index in [0.29, 0.717) is 0 Å². The number of nitrogens with zero attached hydrogens (tertiary/aromatic N) is 3. The first-order valence-corrected chi connectivity index (χ1v) is 9.29. The molecule has 2 atom stereocenters. The van der Waals surface area contributed by atoms with Gasteiger partial charge in [-0.3, -0.25) is 9.78 Å². The second-order valence-corrected chi connectivity index (χ2v) is 7.14. The molecule has 26 heavy (non-hydrogen) atoms. The quantitative estimate of drug-likeness (QED) is 0.864. The van der Waals surface area contributed by atoms with Crippen molar-refractivity contribution in [1.29, 1.82) is 0 Å². The van der Waals surface area contributed by atoms with Gasteiger partial charge in [0, 0.05) is 55.3 Å². The van der Waals surface area contributed by atoms with Gasteiger partial charge in [0.05, 0.1) is 0 Å². The van der Waals surface area contributed by atoms with Gasteiger partial charge >= 0.3 is 0 Å². The van der Waals surface area contributed by atoms with E-state index in [1.165, 1.54) is 0 Å². The summed E-state index contributed by atoms with van der Waals surface area (Å²) in [6.07, 6.45) is 4.31. The first-order chi connectivity index (χ1) is 12.7. The fourth-order valence-electron chi connectivity index (χ4n) is 3.59. The van der Waals surface area contributed by atoms with Crippen molar-refractivity contribution in [3.8, 4) is 0 Å². The zero-order valence-electron chi connectivity index (χ0n) is 14.4. The molecular weight excluding hydrogens is 350 g/mol. The predicted octanol–water partition coefficient (Wildman–Crippen LogP) is 1.99. The first-order valence-electron chi connectivity index (χ1n) is 8.91. The molecule has 2 aliphatic heterocycles. The van der Waals surface area contributed by atoms with Crippen LogP contribution in [0.5, 0.6) is 0 Å². The van der Waals surface area contributed by atoms with Gasteiger partial charge in [-0.05, 0) is 48.4 Å². The number of nitrogens with one attached hydrogen (secondary N) is 2. The first kappa shape index (κ1) is 17.3. The van der Waals surface area contributed by atoms with Crippen LogP contribution in [0.1, 0.15) is 18.0 Å². The van der Waals surface area contributed by atoms with Crippen LogP contribution in [0.4, 0.5) is 5.69 Å². The highest BCUT2D eigenvalue weighted by Crippen LogP contribution is 2.24. The standard InChI is InChI=1S/C19H22ClN5O/c20-15-1-3-16(4-2-15)24-9-11-25(12-10-24)19(26)18-13-17(22-23-18)14-5-7-21-8-6-14/h1-8,17-18,22-23H,9-13H2. The minimum atomic E-state index is -0.185. The normalized spacial score (nSPS) is 23.3. The minimum absolute atomic E-state index is 0.141. The average Bonchev–Trinajstić information content (AvgIpc) is 3.19. The Labute approximate surface area is 158 Å². The van der Waals surface area contributed by atoms with Crippen molar-refractivity contribution in [3.63, 3.8) is 0 Å². The number of hydrazine groups is 1. The van der Waals surface area contributed by atoms with E-state index in [1.54, 1.807) is 12.4 Å². The molecular formula is C19H22ClN5O. The van der Waals surface area contributed by atoms with Crippen LogP contribution in [0.25, 0.3) is 0 Å². The summed E-state index contributed by atoms with van der Waals surface area (Å²) in [4.78, 5) is 21.1. The highest BCUT2D eigenvalue weighted by atomic mass is 35.5. The van der Waals surface area contributed by atoms with Crippen LogP contribution in [-0.4, -0.2) is 48.0 Å². The van der Waals surface area contributed by atoms with Crippen LogP contribution in [0.3, 0.4) is 0 Å². The van der Waals surface area contributed by atoms with E-state index >= 15 is 0 Å². The van der Waals surface area contributed by atoms with Gasteiger partial charge in [-0.2, -0.15) is 0 Å². The number of carbonyl (C=O) groups excluding carboxylic acids is 1. The molecule has 1 aromatic heterocycles. The number of benzene rings is 1. The van der Waals surface area contributed by atoms with E-state index in [4.69, 9.17) is 11.6 Å². The van der Waals surface area contributed by atoms with Crippen molar-refractivity contribution < 1.29 is 4.79 Å². The van der Waals surface area contributed by atoms with Gasteiger partial charge in [-0.15, -0.1) is 0 Å². The topological polar surface area (TPSA) is 60.5 Å². The fourth-order valence-corrected chi connectivity index (χ4v) is 3.72. The number of hydrogen-bond acceptors (Lipinski definition) is 5. The van der Waals surface area contributed by atoms with Crippen LogP contribution >= 0.6 is 11.6 Å². The predicted molar refractivity (Wildman–Crippen MR) is 102 cm³/mol. The molecule has 1 amide bonds. The van der Waals surface area contributed by atoms with E-state index in [9.17, 15) is 4.79 Å². The molecule has 2 unspecified atom stereocenters. The van der Waals surface area contributed by atoms with Crippen molar-refractivity contribution in [3.05, 3.63) is 59.4 Å². The number of amides is 1. The van der Waals surface area contributed by atoms with E-state index in [2.05, 4.69) is 20.7 Å². The minimum Gasteiger partial charge on any atom is -0.368 e. The average molecular weight is 372 g/mol. The number of rotatable bonds is 3. The van der Waals surface area contributed by atoms with Crippen LogP contribution in [-0.2, 0) is 4.79 Å². The van der Waals surface area contributed by atoms with E-state index in [0.717, 1.165) is 48.9 Å². The fraction of sp³-hybridized carbons (Fsp3) is 0.368. The van der Waals surface area contributed by atoms with Gasteiger partial charge in [0.15, 0.2) is 0 Å². The van der Waals surface area contributed by atoms with Gasteiger partial charge in [0.1, 0.15) is 6.04 Å². The van der Waals surface area contributed by atoms with Crippen molar-refractivity contribution in [2.24, 2.45) is 0 Å². The molecule has 4 rings (SSSR count). The monoisotopic (exact) mass is 371 g/mol. The summed E-state index contributed by atoms with van der Waals surface area (Å²) in [7, 11) is 0. The molecule has 7 heteroatoms. The van der Waals surface area contributed by atoms with Crippen molar-refractivity contribution >= 4 is 23.2 Å². The molecule has 3 heterocycles. The number of piperazine rings is 1. The Morgan fingerprint density at radius 2 is 1.69 bits per heavy atom. The molecule has 2 saturated heterocycles. The molecule has 0 bridgehead atoms. The van der Waals surface area contributed by atoms with E-state index < -0.39 is 0 Å². The van der Waals surface area contributed by atoms with Gasteiger partial charge in [0.25, 0.3) is 0 Å². The summed E-state index contributed by atoms with van der Waals surface area (Å²) >= 11 is 5.96. The number of pyridine rings is 1. The molecule has 0 aliphatic carbocycles. The maximum Gasteiger partial charge on any atom is 0.241 e. The Balaban J connectivity index is 1.32. The number of hydrogen-bond donors (Lipinski definition) is 2. The van der Waals surface area contributed by atoms with Crippen LogP contribution in [0.15, 0.2) is 48.8 Å². The maximum absolute atomic E-state index is 12.8. The SMILES string of the molecule is O=C(C1CC(c2ccncc2)NN1)N1CCN(c2ccc(Cl)cc2)CC1. The molecule has 2 fully saturated rings. The number of aromatic nitrogens is 1. The number of carbonyl (C=O) groups is 1. The largest absolute Gasteiger partial charge is 0.368 e.